The Balaban J connectivity index is 1.32. The van der Waals surface area contributed by atoms with Gasteiger partial charge in [0.25, 0.3) is 5.91 Å². The van der Waals surface area contributed by atoms with Crippen LogP contribution >= 0.6 is 0 Å². The Labute approximate surface area is 163 Å². The second-order valence-electron chi connectivity index (χ2n) is 7.45. The molecule has 8 heteroatoms. The van der Waals surface area contributed by atoms with Gasteiger partial charge in [-0.05, 0) is 37.0 Å². The molecule has 0 bridgehead atoms. The molecule has 3 aliphatic rings. The van der Waals surface area contributed by atoms with Gasteiger partial charge in [-0.3, -0.25) is 14.5 Å². The molecule has 0 aromatic heterocycles. The summed E-state index contributed by atoms with van der Waals surface area (Å²) in [6.07, 6.45) is 5.00. The summed E-state index contributed by atoms with van der Waals surface area (Å²) in [5.74, 6) is 1.06. The van der Waals surface area contributed by atoms with Gasteiger partial charge in [-0.25, -0.2) is 4.79 Å². The minimum absolute atomic E-state index is 0.0677. The molecule has 0 saturated carbocycles. The molecule has 4 amide bonds. The van der Waals surface area contributed by atoms with Crippen LogP contribution in [0.5, 0.6) is 11.5 Å². The number of benzene rings is 1. The molecule has 1 aromatic rings. The molecular weight excluding hydrogens is 362 g/mol. The van der Waals surface area contributed by atoms with Gasteiger partial charge in [0.15, 0.2) is 11.5 Å². The first-order valence-electron chi connectivity index (χ1n) is 9.90. The monoisotopic (exact) mass is 387 g/mol. The van der Waals surface area contributed by atoms with E-state index in [-0.39, 0.29) is 31.6 Å². The number of carbonyl (C=O) groups excluding carboxylic acids is 3. The van der Waals surface area contributed by atoms with E-state index in [9.17, 15) is 14.4 Å². The Morgan fingerprint density at radius 3 is 2.61 bits per heavy atom. The topological polar surface area (TPSA) is 88.2 Å². The Morgan fingerprint density at radius 1 is 1.07 bits per heavy atom. The number of hydrogen-bond acceptors (Lipinski definition) is 5. The highest BCUT2D eigenvalue weighted by atomic mass is 16.7. The number of amides is 4. The van der Waals surface area contributed by atoms with Crippen molar-refractivity contribution < 1.29 is 23.9 Å². The maximum absolute atomic E-state index is 12.7. The van der Waals surface area contributed by atoms with Crippen molar-refractivity contribution in [2.24, 2.45) is 0 Å². The van der Waals surface area contributed by atoms with Crippen LogP contribution in [0.15, 0.2) is 18.2 Å². The van der Waals surface area contributed by atoms with E-state index in [1.807, 2.05) is 11.0 Å². The van der Waals surface area contributed by atoms with E-state index in [0.29, 0.717) is 17.9 Å². The number of urea groups is 1. The smallest absolute Gasteiger partial charge is 0.325 e. The predicted molar refractivity (Wildman–Crippen MR) is 99.7 cm³/mol. The molecule has 2 fully saturated rings. The van der Waals surface area contributed by atoms with E-state index < -0.39 is 12.1 Å². The van der Waals surface area contributed by atoms with Gasteiger partial charge in [-0.1, -0.05) is 18.9 Å². The van der Waals surface area contributed by atoms with E-state index in [1.165, 1.54) is 4.90 Å². The van der Waals surface area contributed by atoms with E-state index >= 15 is 0 Å². The third kappa shape index (κ3) is 3.90. The van der Waals surface area contributed by atoms with E-state index in [1.54, 1.807) is 12.1 Å². The Hall–Kier alpha value is -2.77. The first kappa shape index (κ1) is 18.6. The van der Waals surface area contributed by atoms with Gasteiger partial charge < -0.3 is 19.7 Å². The van der Waals surface area contributed by atoms with Gasteiger partial charge in [-0.15, -0.1) is 0 Å². The summed E-state index contributed by atoms with van der Waals surface area (Å²) in [5, 5.41) is 2.71. The molecule has 0 aliphatic carbocycles. The van der Waals surface area contributed by atoms with Crippen molar-refractivity contribution in [3.8, 4) is 11.5 Å². The van der Waals surface area contributed by atoms with Gasteiger partial charge >= 0.3 is 6.03 Å². The Kier molecular flexibility index (Phi) is 5.36. The average Bonchev–Trinajstić information content (AvgIpc) is 3.13. The van der Waals surface area contributed by atoms with Crippen LogP contribution in [0.1, 0.15) is 44.1 Å². The molecule has 3 heterocycles. The third-order valence-electron chi connectivity index (χ3n) is 5.49. The molecule has 1 N–H and O–H groups in total. The summed E-state index contributed by atoms with van der Waals surface area (Å²) in [7, 11) is 0. The zero-order chi connectivity index (χ0) is 19.5. The zero-order valence-corrected chi connectivity index (χ0v) is 15.8. The number of likely N-dealkylation sites (tertiary alicyclic amines) is 1. The summed E-state index contributed by atoms with van der Waals surface area (Å²) in [5.41, 5.74) is 0.786. The number of rotatable bonds is 5. The van der Waals surface area contributed by atoms with Gasteiger partial charge in [0, 0.05) is 19.5 Å². The SMILES string of the molecule is O=C(CC[C@H]1NC(=O)N(Cc2ccc3c(c2)OCO3)C1=O)N1CCCCCC1. The zero-order valence-electron chi connectivity index (χ0n) is 15.8. The van der Waals surface area contributed by atoms with Gasteiger partial charge in [0.1, 0.15) is 6.04 Å². The molecule has 0 spiro atoms. The van der Waals surface area contributed by atoms with Crippen molar-refractivity contribution in [2.75, 3.05) is 19.9 Å². The molecular formula is C20H25N3O5. The lowest BCUT2D eigenvalue weighted by atomic mass is 10.1. The summed E-state index contributed by atoms with van der Waals surface area (Å²) in [6, 6.07) is 4.30. The number of nitrogens with one attached hydrogen (secondary N) is 1. The fraction of sp³-hybridized carbons (Fsp3) is 0.550. The minimum Gasteiger partial charge on any atom is -0.454 e. The molecule has 0 unspecified atom stereocenters. The number of hydrogen-bond donors (Lipinski definition) is 1. The Morgan fingerprint density at radius 2 is 1.82 bits per heavy atom. The molecule has 0 radical (unpaired) electrons. The van der Waals surface area contributed by atoms with Crippen molar-refractivity contribution >= 4 is 17.8 Å². The summed E-state index contributed by atoms with van der Waals surface area (Å²) in [6.45, 7) is 1.92. The largest absolute Gasteiger partial charge is 0.454 e. The van der Waals surface area contributed by atoms with E-state index in [4.69, 9.17) is 9.47 Å². The number of fused-ring (bicyclic) bond motifs is 1. The van der Waals surface area contributed by atoms with Gasteiger partial charge in [0.05, 0.1) is 6.54 Å². The van der Waals surface area contributed by atoms with E-state index in [0.717, 1.165) is 44.3 Å². The summed E-state index contributed by atoms with van der Waals surface area (Å²) in [4.78, 5) is 40.4. The lowest BCUT2D eigenvalue weighted by molar-refractivity contribution is -0.131. The molecule has 28 heavy (non-hydrogen) atoms. The minimum atomic E-state index is -0.641. The maximum atomic E-state index is 12.7. The van der Waals surface area contributed by atoms with Crippen LogP contribution < -0.4 is 14.8 Å². The molecule has 4 rings (SSSR count). The fourth-order valence-electron chi connectivity index (χ4n) is 3.89. The van der Waals surface area contributed by atoms with Crippen molar-refractivity contribution in [2.45, 2.75) is 51.1 Å². The second-order valence-corrected chi connectivity index (χ2v) is 7.45. The standard InChI is InChI=1S/C20H25N3O5/c24-18(22-9-3-1-2-4-10-22)8-6-15-19(25)23(20(26)21-15)12-14-5-7-16-17(11-14)28-13-27-16/h5,7,11,15H,1-4,6,8-10,12-13H2,(H,21,26)/t15-/m1/s1. The predicted octanol–water partition coefficient (Wildman–Crippen LogP) is 2.02. The van der Waals surface area contributed by atoms with Gasteiger partial charge in [0.2, 0.25) is 12.7 Å². The highest BCUT2D eigenvalue weighted by molar-refractivity contribution is 6.04. The first-order valence-corrected chi connectivity index (χ1v) is 9.90. The van der Waals surface area contributed by atoms with Crippen LogP contribution in [0.3, 0.4) is 0 Å². The molecule has 8 nitrogen and oxygen atoms in total. The normalized spacial score (nSPS) is 21.6. The number of nitrogens with zero attached hydrogens (tertiary/aromatic N) is 2. The lowest BCUT2D eigenvalue weighted by Crippen LogP contribution is -2.35. The molecule has 1 atom stereocenters. The molecule has 3 aliphatic heterocycles. The van der Waals surface area contributed by atoms with Crippen molar-refractivity contribution in [3.63, 3.8) is 0 Å². The molecule has 150 valence electrons. The maximum Gasteiger partial charge on any atom is 0.325 e. The van der Waals surface area contributed by atoms with Crippen molar-refractivity contribution in [1.29, 1.82) is 0 Å². The molecule has 2 saturated heterocycles. The summed E-state index contributed by atoms with van der Waals surface area (Å²) >= 11 is 0. The Bertz CT molecular complexity index is 773. The fourth-order valence-corrected chi connectivity index (χ4v) is 3.89. The van der Waals surface area contributed by atoms with Gasteiger partial charge in [-0.2, -0.15) is 0 Å². The van der Waals surface area contributed by atoms with Crippen molar-refractivity contribution in [3.05, 3.63) is 23.8 Å². The lowest BCUT2D eigenvalue weighted by Gasteiger charge is -2.20. The summed E-state index contributed by atoms with van der Waals surface area (Å²) < 4.78 is 10.6. The van der Waals surface area contributed by atoms with Crippen LogP contribution in [0.2, 0.25) is 0 Å². The van der Waals surface area contributed by atoms with Crippen LogP contribution in [0, 0.1) is 0 Å². The van der Waals surface area contributed by atoms with E-state index in [2.05, 4.69) is 5.32 Å². The molecule has 1 aromatic carbocycles. The number of carbonyl (C=O) groups is 3. The van der Waals surface area contributed by atoms with Crippen LogP contribution in [-0.4, -0.2) is 53.6 Å². The van der Waals surface area contributed by atoms with Crippen LogP contribution in [-0.2, 0) is 16.1 Å². The van der Waals surface area contributed by atoms with Crippen LogP contribution in [0.25, 0.3) is 0 Å². The quantitative estimate of drug-likeness (QED) is 0.781. The second kappa shape index (κ2) is 8.08. The van der Waals surface area contributed by atoms with Crippen molar-refractivity contribution in [1.82, 2.24) is 15.1 Å². The highest BCUT2D eigenvalue weighted by Gasteiger charge is 2.38. The third-order valence-corrected chi connectivity index (χ3v) is 5.49. The highest BCUT2D eigenvalue weighted by Crippen LogP contribution is 2.33. The number of imide groups is 1. The first-order chi connectivity index (χ1) is 13.6. The van der Waals surface area contributed by atoms with Crippen LogP contribution in [0.4, 0.5) is 4.79 Å². The average molecular weight is 387 g/mol. The number of ether oxygens (including phenoxy) is 2.